The summed E-state index contributed by atoms with van der Waals surface area (Å²) in [5.74, 6) is -9.94. The summed E-state index contributed by atoms with van der Waals surface area (Å²) in [4.78, 5) is 14.7. The van der Waals surface area contributed by atoms with Crippen molar-refractivity contribution in [2.75, 3.05) is 39.6 Å². The molecule has 0 spiro atoms. The molecule has 0 aromatic carbocycles. The van der Waals surface area contributed by atoms with Gasteiger partial charge in [-0.2, -0.15) is 0 Å². The van der Waals surface area contributed by atoms with Gasteiger partial charge in [0.05, 0.1) is 50.8 Å². The molecule has 0 rings (SSSR count). The van der Waals surface area contributed by atoms with E-state index in [-0.39, 0.29) is 58.9 Å². The van der Waals surface area contributed by atoms with Crippen LogP contribution in [0.4, 0.5) is 0 Å². The summed E-state index contributed by atoms with van der Waals surface area (Å²) in [5.41, 5.74) is 6.62. The molecule has 0 radical (unpaired) electrons. The minimum absolute atomic E-state index is 0.0336. The zero-order valence-corrected chi connectivity index (χ0v) is 37.9. The fraction of sp³-hybridized carbons (Fsp3) is 0.977. The van der Waals surface area contributed by atoms with Crippen LogP contribution in [0.15, 0.2) is 0 Å². The Morgan fingerprint density at radius 1 is 0.500 bits per heavy atom. The normalized spacial score (nSPS) is 16.9. The molecule has 0 heterocycles. The third-order valence-electron chi connectivity index (χ3n) is 9.70. The van der Waals surface area contributed by atoms with Crippen LogP contribution in [0.1, 0.15) is 192 Å². The molecule has 0 aromatic heterocycles. The van der Waals surface area contributed by atoms with E-state index in [0.717, 1.165) is 25.7 Å². The lowest BCUT2D eigenvalue weighted by molar-refractivity contribution is -0.546. The number of unbranched alkanes of at least 4 members (excludes halogenated alkanes) is 6. The molecule has 0 saturated heterocycles. The second kappa shape index (κ2) is 31.0. The number of aliphatic hydroxyl groups is 2. The van der Waals surface area contributed by atoms with Crippen molar-refractivity contribution in [1.29, 1.82) is 0 Å². The van der Waals surface area contributed by atoms with Crippen molar-refractivity contribution in [2.45, 2.75) is 239 Å². The number of hydrogen-bond acceptors (Lipinski definition) is 11. The number of amides is 1. The number of primary amides is 1. The Bertz CT molecular complexity index is 938. The van der Waals surface area contributed by atoms with Crippen molar-refractivity contribution in [2.24, 2.45) is 5.73 Å². The lowest BCUT2D eigenvalue weighted by Crippen LogP contribution is -2.84. The summed E-state index contributed by atoms with van der Waals surface area (Å²) in [5, 5.41) is 21.5. The molecular formula is C44H89NO11. The highest BCUT2D eigenvalue weighted by Crippen LogP contribution is 2.55. The van der Waals surface area contributed by atoms with Gasteiger partial charge in [-0.1, -0.05) is 101 Å². The third-order valence-corrected chi connectivity index (χ3v) is 9.70. The van der Waals surface area contributed by atoms with Crippen LogP contribution in [0.25, 0.3) is 0 Å². The lowest BCUT2D eigenvalue weighted by atomic mass is 9.83. The van der Waals surface area contributed by atoms with Crippen LogP contribution in [0.2, 0.25) is 0 Å². The number of aliphatic hydroxyl groups excluding tert-OH is 2. The molecule has 0 aliphatic heterocycles. The summed E-state index contributed by atoms with van der Waals surface area (Å²) >= 11 is 0. The Morgan fingerprint density at radius 2 is 0.875 bits per heavy atom. The fourth-order valence-electron chi connectivity index (χ4n) is 6.99. The number of ether oxygens (including phenoxy) is 8. The van der Waals surface area contributed by atoms with Gasteiger partial charge in [0.25, 0.3) is 17.5 Å². The summed E-state index contributed by atoms with van der Waals surface area (Å²) in [6.07, 6.45) is 9.17. The van der Waals surface area contributed by atoms with Gasteiger partial charge in [0.2, 0.25) is 5.79 Å². The molecule has 6 atom stereocenters. The zero-order valence-electron chi connectivity index (χ0n) is 37.9. The van der Waals surface area contributed by atoms with Gasteiger partial charge in [0, 0.05) is 19.6 Å². The molecule has 56 heavy (non-hydrogen) atoms. The number of carbonyl (C=O) groups is 1. The van der Waals surface area contributed by atoms with Crippen LogP contribution in [0.5, 0.6) is 0 Å². The molecule has 1 amide bonds. The number of rotatable bonds is 40. The zero-order chi connectivity index (χ0) is 42.5. The van der Waals surface area contributed by atoms with Gasteiger partial charge in [-0.15, -0.1) is 0 Å². The Morgan fingerprint density at radius 3 is 1.27 bits per heavy atom. The summed E-state index contributed by atoms with van der Waals surface area (Å²) in [7, 11) is 0. The number of hydrogen-bond donors (Lipinski definition) is 3. The van der Waals surface area contributed by atoms with Crippen molar-refractivity contribution in [3.63, 3.8) is 0 Å². The molecule has 0 bridgehead atoms. The molecular weight excluding hydrogens is 718 g/mol. The first-order chi connectivity index (χ1) is 26.8. The molecule has 0 fully saturated rings. The van der Waals surface area contributed by atoms with Crippen LogP contribution in [-0.4, -0.2) is 103 Å². The van der Waals surface area contributed by atoms with E-state index >= 15 is 0 Å². The Kier molecular flexibility index (Phi) is 30.5. The van der Waals surface area contributed by atoms with Gasteiger partial charge in [-0.3, -0.25) is 4.79 Å². The first-order valence-corrected chi connectivity index (χ1v) is 22.7. The highest BCUT2D eigenvalue weighted by molar-refractivity contribution is 5.83. The van der Waals surface area contributed by atoms with Crippen LogP contribution >= 0.6 is 0 Å². The fourth-order valence-corrected chi connectivity index (χ4v) is 6.99. The molecule has 0 aliphatic rings. The monoisotopic (exact) mass is 808 g/mol. The maximum absolute atomic E-state index is 14.7. The standard InChI is InChI=1S/C44H89NO11/c1-12-21-22-23-24-25-26-27-41(49-28-13-2,50-29-14-3)43(52-31-16-5,56-39(20-9)35-37(11)47)44(53-32-17-6,54-33-18-7)42(40(45)48,51-30-15-4)55-38(19-8)34-36(10)46/h36-39,46-47H,12-35H2,1-11H3,(H2,45,48). The van der Waals surface area contributed by atoms with Crippen molar-refractivity contribution >= 4 is 5.91 Å². The summed E-state index contributed by atoms with van der Waals surface area (Å²) < 4.78 is 56.7. The van der Waals surface area contributed by atoms with E-state index in [2.05, 4.69) is 6.92 Å². The predicted octanol–water partition coefficient (Wildman–Crippen LogP) is 9.09. The Hall–Kier alpha value is -0.930. The second-order valence-corrected chi connectivity index (χ2v) is 15.4. The molecule has 4 N–H and O–H groups in total. The first-order valence-electron chi connectivity index (χ1n) is 22.7. The van der Waals surface area contributed by atoms with Crippen LogP contribution in [0, 0.1) is 0 Å². The Balaban J connectivity index is 9.05. The number of carbonyl (C=O) groups excluding carboxylic acids is 1. The molecule has 0 aliphatic carbocycles. The average Bonchev–Trinajstić information content (AvgIpc) is 3.17. The van der Waals surface area contributed by atoms with Crippen molar-refractivity contribution in [3.8, 4) is 0 Å². The van der Waals surface area contributed by atoms with E-state index in [1.807, 2.05) is 55.4 Å². The third kappa shape index (κ3) is 16.3. The van der Waals surface area contributed by atoms with E-state index < -0.39 is 53.5 Å². The minimum atomic E-state index is -2.52. The van der Waals surface area contributed by atoms with Gasteiger partial charge in [-0.25, -0.2) is 0 Å². The molecule has 12 heteroatoms. The van der Waals surface area contributed by atoms with Crippen molar-refractivity contribution < 1.29 is 52.9 Å². The molecule has 6 unspecified atom stereocenters. The first kappa shape index (κ1) is 55.1. The number of nitrogens with two attached hydrogens (primary N) is 1. The summed E-state index contributed by atoms with van der Waals surface area (Å²) in [6.45, 7) is 22.1. The largest absolute Gasteiger partial charge is 0.393 e. The van der Waals surface area contributed by atoms with E-state index in [0.29, 0.717) is 57.8 Å². The maximum Gasteiger partial charge on any atom is 0.311 e. The maximum atomic E-state index is 14.7. The van der Waals surface area contributed by atoms with Gasteiger partial charge in [0.1, 0.15) is 0 Å². The van der Waals surface area contributed by atoms with E-state index in [4.69, 9.17) is 43.6 Å². The highest BCUT2D eigenvalue weighted by atomic mass is 16.9. The topological polar surface area (TPSA) is 157 Å². The molecule has 0 aromatic rings. The Labute approximate surface area is 342 Å². The van der Waals surface area contributed by atoms with E-state index in [1.54, 1.807) is 13.8 Å². The smallest absolute Gasteiger partial charge is 0.311 e. The highest BCUT2D eigenvalue weighted by Gasteiger charge is 2.81. The second-order valence-electron chi connectivity index (χ2n) is 15.4. The molecule has 0 saturated carbocycles. The predicted molar refractivity (Wildman–Crippen MR) is 223 cm³/mol. The van der Waals surface area contributed by atoms with Gasteiger partial charge < -0.3 is 53.8 Å². The minimum Gasteiger partial charge on any atom is -0.393 e. The van der Waals surface area contributed by atoms with E-state index in [9.17, 15) is 15.0 Å². The van der Waals surface area contributed by atoms with E-state index in [1.165, 1.54) is 12.8 Å². The van der Waals surface area contributed by atoms with Crippen molar-refractivity contribution in [3.05, 3.63) is 0 Å². The van der Waals surface area contributed by atoms with Gasteiger partial charge in [-0.05, 0) is 84.5 Å². The molecule has 336 valence electrons. The van der Waals surface area contributed by atoms with Crippen LogP contribution in [-0.2, 0) is 42.7 Å². The quantitative estimate of drug-likeness (QED) is 0.0401. The average molecular weight is 808 g/mol. The lowest BCUT2D eigenvalue weighted by Gasteiger charge is -2.61. The van der Waals surface area contributed by atoms with Crippen LogP contribution < -0.4 is 5.73 Å². The molecule has 12 nitrogen and oxygen atoms in total. The SMILES string of the molecule is CCCCCCCCCC(OCCC)(OCCC)C(OCCC)(OC(CC)CC(C)O)C(OCCC)(OCCC)C(OCCC)(OC(CC)CC(C)O)C(N)=O. The van der Waals surface area contributed by atoms with Gasteiger partial charge in [0.15, 0.2) is 0 Å². The van der Waals surface area contributed by atoms with Gasteiger partial charge >= 0.3 is 5.79 Å². The summed E-state index contributed by atoms with van der Waals surface area (Å²) in [6, 6.07) is 0. The van der Waals surface area contributed by atoms with Crippen molar-refractivity contribution in [1.82, 2.24) is 0 Å². The van der Waals surface area contributed by atoms with Crippen LogP contribution in [0.3, 0.4) is 0 Å².